The van der Waals surface area contributed by atoms with Crippen molar-refractivity contribution in [2.75, 3.05) is 33.7 Å². The van der Waals surface area contributed by atoms with Gasteiger partial charge in [-0.15, -0.1) is 0 Å². The van der Waals surface area contributed by atoms with E-state index in [1.165, 1.54) is 21.3 Å². The average molecular weight is 400 g/mol. The first-order valence-electron chi connectivity index (χ1n) is 9.05. The van der Waals surface area contributed by atoms with Gasteiger partial charge in [0.25, 0.3) is 0 Å². The first-order chi connectivity index (χ1) is 12.9. The molecule has 1 aromatic rings. The van der Waals surface area contributed by atoms with E-state index in [0.717, 1.165) is 18.4 Å². The van der Waals surface area contributed by atoms with E-state index in [0.29, 0.717) is 30.1 Å². The first kappa shape index (κ1) is 21.3. The minimum atomic E-state index is -3.64. The lowest BCUT2D eigenvalue weighted by Crippen LogP contribution is -2.35. The van der Waals surface area contributed by atoms with Crippen molar-refractivity contribution in [3.63, 3.8) is 0 Å². The van der Waals surface area contributed by atoms with Crippen molar-refractivity contribution in [3.05, 3.63) is 17.7 Å². The van der Waals surface area contributed by atoms with E-state index in [-0.39, 0.29) is 12.5 Å². The van der Waals surface area contributed by atoms with Gasteiger partial charge in [-0.25, -0.2) is 8.42 Å². The summed E-state index contributed by atoms with van der Waals surface area (Å²) in [5.74, 6) is -0.103. The molecule has 0 heterocycles. The Bertz CT molecular complexity index is 732. The van der Waals surface area contributed by atoms with E-state index in [4.69, 9.17) is 18.9 Å². The van der Waals surface area contributed by atoms with Gasteiger partial charge in [0.2, 0.25) is 5.75 Å². The molecule has 27 heavy (non-hydrogen) atoms. The van der Waals surface area contributed by atoms with Crippen LogP contribution in [0.4, 0.5) is 0 Å². The third-order valence-electron chi connectivity index (χ3n) is 4.90. The molecule has 0 aliphatic heterocycles. The Labute approximate surface area is 160 Å². The van der Waals surface area contributed by atoms with Crippen LogP contribution in [0.5, 0.6) is 17.2 Å². The molecule has 0 amide bonds. The number of carbonyl (C=O) groups excluding carboxylic acids is 1. The molecular weight excluding hydrogens is 372 g/mol. The predicted octanol–water partition coefficient (Wildman–Crippen LogP) is 2.72. The fourth-order valence-corrected chi connectivity index (χ4v) is 5.64. The third-order valence-corrected chi connectivity index (χ3v) is 7.03. The smallest absolute Gasteiger partial charge is 0.321 e. The second kappa shape index (κ2) is 9.30. The highest BCUT2D eigenvalue weighted by Crippen LogP contribution is 2.44. The first-order valence-corrected chi connectivity index (χ1v) is 10.8. The largest absolute Gasteiger partial charge is 0.493 e. The van der Waals surface area contributed by atoms with Crippen molar-refractivity contribution >= 4 is 15.8 Å². The molecule has 1 fully saturated rings. The van der Waals surface area contributed by atoms with E-state index in [1.807, 2.05) is 0 Å². The van der Waals surface area contributed by atoms with Gasteiger partial charge in [0.1, 0.15) is 5.75 Å². The molecule has 1 aromatic carbocycles. The summed E-state index contributed by atoms with van der Waals surface area (Å²) in [5, 5.41) is -0.640. The summed E-state index contributed by atoms with van der Waals surface area (Å²) < 4.78 is 46.8. The Hall–Kier alpha value is -1.96. The van der Waals surface area contributed by atoms with Crippen LogP contribution in [0.3, 0.4) is 0 Å². The van der Waals surface area contributed by atoms with Crippen LogP contribution in [-0.2, 0) is 19.4 Å². The number of carbonyl (C=O) groups is 1. The number of hydrogen-bond acceptors (Lipinski definition) is 7. The molecule has 0 radical (unpaired) electrons. The van der Waals surface area contributed by atoms with Gasteiger partial charge in [0.05, 0.1) is 33.2 Å². The molecule has 7 nitrogen and oxygen atoms in total. The highest BCUT2D eigenvalue weighted by Gasteiger charge is 2.38. The quantitative estimate of drug-likeness (QED) is 0.620. The molecule has 0 bridgehead atoms. The van der Waals surface area contributed by atoms with Crippen LogP contribution in [0.2, 0.25) is 0 Å². The lowest BCUT2D eigenvalue weighted by atomic mass is 9.83. The zero-order chi connectivity index (χ0) is 20.0. The summed E-state index contributed by atoms with van der Waals surface area (Å²) in [7, 11) is 0.926. The lowest BCUT2D eigenvalue weighted by Gasteiger charge is -2.32. The summed E-state index contributed by atoms with van der Waals surface area (Å²) in [6, 6.07) is 3.59. The maximum absolute atomic E-state index is 12.9. The molecule has 1 aliphatic carbocycles. The molecule has 0 unspecified atom stereocenters. The number of esters is 1. The molecule has 0 aromatic heterocycles. The van der Waals surface area contributed by atoms with Crippen molar-refractivity contribution in [3.8, 4) is 17.2 Å². The highest BCUT2D eigenvalue weighted by molar-refractivity contribution is 7.92. The summed E-state index contributed by atoms with van der Waals surface area (Å²) in [5.41, 5.74) is 0.807. The van der Waals surface area contributed by atoms with Crippen LogP contribution >= 0.6 is 0 Å². The molecule has 0 saturated heterocycles. The van der Waals surface area contributed by atoms with Gasteiger partial charge < -0.3 is 18.9 Å². The van der Waals surface area contributed by atoms with E-state index in [9.17, 15) is 13.2 Å². The number of rotatable bonds is 8. The normalized spacial score (nSPS) is 20.0. The molecule has 8 heteroatoms. The number of hydrogen-bond donors (Lipinski definition) is 0. The molecule has 1 saturated carbocycles. The zero-order valence-corrected chi connectivity index (χ0v) is 17.1. The fourth-order valence-electron chi connectivity index (χ4n) is 3.70. The van der Waals surface area contributed by atoms with Crippen LogP contribution in [0.15, 0.2) is 12.1 Å². The molecular formula is C19H28O7S. The maximum Gasteiger partial charge on any atom is 0.321 e. The van der Waals surface area contributed by atoms with Crippen molar-refractivity contribution in [1.29, 1.82) is 0 Å². The van der Waals surface area contributed by atoms with Crippen molar-refractivity contribution in [2.24, 2.45) is 0 Å². The molecule has 2 rings (SSSR count). The van der Waals surface area contributed by atoms with Crippen LogP contribution in [0, 0.1) is 0 Å². The van der Waals surface area contributed by atoms with E-state index >= 15 is 0 Å². The Morgan fingerprint density at radius 1 is 1.04 bits per heavy atom. The lowest BCUT2D eigenvalue weighted by molar-refractivity contribution is -0.139. The number of benzene rings is 1. The topological polar surface area (TPSA) is 88.1 Å². The number of methoxy groups -OCH3 is 3. The zero-order valence-electron chi connectivity index (χ0n) is 16.3. The maximum atomic E-state index is 12.9. The predicted molar refractivity (Wildman–Crippen MR) is 102 cm³/mol. The monoisotopic (exact) mass is 400 g/mol. The molecule has 2 atom stereocenters. The van der Waals surface area contributed by atoms with Gasteiger partial charge in [0.15, 0.2) is 21.3 Å². The summed E-state index contributed by atoms with van der Waals surface area (Å²) in [6.45, 7) is 1.82. The van der Waals surface area contributed by atoms with Gasteiger partial charge in [-0.2, -0.15) is 0 Å². The van der Waals surface area contributed by atoms with E-state index in [2.05, 4.69) is 0 Å². The Balaban J connectivity index is 2.41. The van der Waals surface area contributed by atoms with Crippen molar-refractivity contribution in [1.82, 2.24) is 0 Å². The highest BCUT2D eigenvalue weighted by atomic mass is 32.2. The molecule has 0 spiro atoms. The second-order valence-electron chi connectivity index (χ2n) is 6.50. The Morgan fingerprint density at radius 3 is 2.15 bits per heavy atom. The van der Waals surface area contributed by atoms with E-state index in [1.54, 1.807) is 19.1 Å². The van der Waals surface area contributed by atoms with Gasteiger partial charge in [-0.3, -0.25) is 4.79 Å². The van der Waals surface area contributed by atoms with Crippen LogP contribution in [0.25, 0.3) is 0 Å². The van der Waals surface area contributed by atoms with E-state index < -0.39 is 26.8 Å². The number of ether oxygens (including phenoxy) is 4. The molecule has 152 valence electrons. The fraction of sp³-hybridized carbons (Fsp3) is 0.632. The minimum Gasteiger partial charge on any atom is -0.493 e. The van der Waals surface area contributed by atoms with Gasteiger partial charge in [-0.05, 0) is 37.5 Å². The van der Waals surface area contributed by atoms with Crippen LogP contribution in [0.1, 0.15) is 44.1 Å². The summed E-state index contributed by atoms with van der Waals surface area (Å²) in [4.78, 5) is 11.8. The number of sulfone groups is 1. The van der Waals surface area contributed by atoms with Crippen molar-refractivity contribution in [2.45, 2.75) is 43.8 Å². The van der Waals surface area contributed by atoms with Gasteiger partial charge in [-0.1, -0.05) is 12.8 Å². The Kier molecular flexibility index (Phi) is 7.35. The summed E-state index contributed by atoms with van der Waals surface area (Å²) in [6.07, 6.45) is 2.97. The van der Waals surface area contributed by atoms with Gasteiger partial charge >= 0.3 is 5.97 Å². The SMILES string of the molecule is CCOC(=O)CS(=O)(=O)[C@H]1CCCC[C@@H]1c1cc(OC)c(OC)c(OC)c1. The van der Waals surface area contributed by atoms with Gasteiger partial charge in [0, 0.05) is 5.92 Å². The van der Waals surface area contributed by atoms with Crippen molar-refractivity contribution < 1.29 is 32.2 Å². The van der Waals surface area contributed by atoms with Crippen LogP contribution in [-0.4, -0.2) is 53.3 Å². The standard InChI is InChI=1S/C19H28O7S/c1-5-26-18(20)12-27(21,22)17-9-7-6-8-14(17)13-10-15(23-2)19(25-4)16(11-13)24-3/h10-11,14,17H,5-9,12H2,1-4H3/t14-,17+/m1/s1. The Morgan fingerprint density at radius 2 is 1.63 bits per heavy atom. The third kappa shape index (κ3) is 4.86. The second-order valence-corrected chi connectivity index (χ2v) is 8.72. The summed E-state index contributed by atoms with van der Waals surface area (Å²) >= 11 is 0. The molecule has 0 N–H and O–H groups in total. The average Bonchev–Trinajstić information content (AvgIpc) is 2.66. The minimum absolute atomic E-state index is 0.162. The molecule has 1 aliphatic rings. The van der Waals surface area contributed by atoms with Crippen LogP contribution < -0.4 is 14.2 Å².